The lowest BCUT2D eigenvalue weighted by Crippen LogP contribution is -2.14. The number of nitrogens with zero attached hydrogens (tertiary/aromatic N) is 1. The molecule has 41 heavy (non-hydrogen) atoms. The van der Waals surface area contributed by atoms with E-state index in [1.165, 1.54) is 21.5 Å². The maximum Gasteiger partial charge on any atom is 0.132 e. The zero-order valence-electron chi connectivity index (χ0n) is 23.2. The van der Waals surface area contributed by atoms with Gasteiger partial charge in [0.1, 0.15) is 17.2 Å². The SMILES string of the molecule is CCC(C)c1cc(C2c3c(ccc4ccccc34)Oc3ccc4ccccc4c32)cc(C=Nc2ccccc2)c1O. The van der Waals surface area contributed by atoms with E-state index in [1.54, 1.807) is 6.21 Å². The predicted molar refractivity (Wildman–Crippen MR) is 169 cm³/mol. The van der Waals surface area contributed by atoms with Crippen LogP contribution in [-0.2, 0) is 0 Å². The molecule has 6 aromatic rings. The fraction of sp³-hybridized carbons (Fsp3) is 0.132. The molecule has 1 unspecified atom stereocenters. The Morgan fingerprint density at radius 3 is 1.95 bits per heavy atom. The highest BCUT2D eigenvalue weighted by Gasteiger charge is 2.33. The number of rotatable bonds is 5. The third-order valence-corrected chi connectivity index (χ3v) is 8.44. The Labute approximate surface area is 240 Å². The van der Waals surface area contributed by atoms with Crippen LogP contribution in [0.3, 0.4) is 0 Å². The van der Waals surface area contributed by atoms with Crippen LogP contribution in [0.2, 0.25) is 0 Å². The summed E-state index contributed by atoms with van der Waals surface area (Å²) in [6.07, 6.45) is 2.71. The molecule has 0 aliphatic carbocycles. The Bertz CT molecular complexity index is 1860. The minimum absolute atomic E-state index is 0.0989. The topological polar surface area (TPSA) is 41.8 Å². The number of para-hydroxylation sites is 1. The van der Waals surface area contributed by atoms with Crippen molar-refractivity contribution in [2.24, 2.45) is 4.99 Å². The number of aromatic hydroxyl groups is 1. The number of aliphatic imine (C=N–C) groups is 1. The molecule has 0 saturated heterocycles. The van der Waals surface area contributed by atoms with Crippen LogP contribution in [0.15, 0.2) is 120 Å². The molecule has 1 heterocycles. The number of fused-ring (bicyclic) bond motifs is 6. The third-order valence-electron chi connectivity index (χ3n) is 8.44. The molecule has 0 spiro atoms. The molecule has 0 aromatic heterocycles. The Balaban J connectivity index is 1.54. The second-order valence-electron chi connectivity index (χ2n) is 10.9. The highest BCUT2D eigenvalue weighted by atomic mass is 16.5. The van der Waals surface area contributed by atoms with Gasteiger partial charge >= 0.3 is 0 Å². The van der Waals surface area contributed by atoms with Crippen molar-refractivity contribution in [3.8, 4) is 17.2 Å². The summed E-state index contributed by atoms with van der Waals surface area (Å²) in [5.74, 6) is 2.12. The Morgan fingerprint density at radius 1 is 0.756 bits per heavy atom. The van der Waals surface area contributed by atoms with Gasteiger partial charge in [0, 0.05) is 28.8 Å². The predicted octanol–water partition coefficient (Wildman–Crippen LogP) is 10.2. The first kappa shape index (κ1) is 25.1. The molecule has 200 valence electrons. The number of hydrogen-bond acceptors (Lipinski definition) is 3. The lowest BCUT2D eigenvalue weighted by Gasteiger charge is -2.32. The molecular weight excluding hydrogens is 502 g/mol. The standard InChI is InChI=1S/C38H31NO2/c1-3-24(2)32-22-27(21-28(38(32)40)23-39-29-13-5-4-6-14-29)35-36-30-15-9-7-11-25(30)17-19-33(36)41-34-20-18-26-12-8-10-16-31(26)37(34)35/h4-24,35,40H,3H2,1-2H3. The van der Waals surface area contributed by atoms with Crippen molar-refractivity contribution in [2.75, 3.05) is 0 Å². The highest BCUT2D eigenvalue weighted by Crippen LogP contribution is 2.53. The largest absolute Gasteiger partial charge is 0.507 e. The fourth-order valence-corrected chi connectivity index (χ4v) is 6.14. The van der Waals surface area contributed by atoms with Crippen molar-refractivity contribution in [3.63, 3.8) is 0 Å². The first-order chi connectivity index (χ1) is 20.1. The van der Waals surface area contributed by atoms with Crippen LogP contribution in [-0.4, -0.2) is 11.3 Å². The van der Waals surface area contributed by atoms with Crippen molar-refractivity contribution in [1.82, 2.24) is 0 Å². The molecule has 0 radical (unpaired) electrons. The first-order valence-corrected chi connectivity index (χ1v) is 14.3. The van der Waals surface area contributed by atoms with Crippen LogP contribution < -0.4 is 4.74 Å². The molecule has 6 aromatic carbocycles. The van der Waals surface area contributed by atoms with Crippen LogP contribution >= 0.6 is 0 Å². The van der Waals surface area contributed by atoms with E-state index in [9.17, 15) is 5.11 Å². The molecule has 3 nitrogen and oxygen atoms in total. The normalized spacial score (nSPS) is 13.7. The molecule has 3 heteroatoms. The van der Waals surface area contributed by atoms with Crippen LogP contribution in [0, 0.1) is 0 Å². The minimum Gasteiger partial charge on any atom is -0.507 e. The Morgan fingerprint density at radius 2 is 1.34 bits per heavy atom. The molecular formula is C38H31NO2. The van der Waals surface area contributed by atoms with Gasteiger partial charge in [0.2, 0.25) is 0 Å². The number of hydrogen-bond donors (Lipinski definition) is 1. The van der Waals surface area contributed by atoms with Gasteiger partial charge in [0.15, 0.2) is 0 Å². The van der Waals surface area contributed by atoms with Crippen molar-refractivity contribution in [1.29, 1.82) is 0 Å². The van der Waals surface area contributed by atoms with E-state index >= 15 is 0 Å². The van der Waals surface area contributed by atoms with E-state index in [0.717, 1.165) is 51.4 Å². The van der Waals surface area contributed by atoms with Crippen molar-refractivity contribution < 1.29 is 9.84 Å². The summed E-state index contributed by atoms with van der Waals surface area (Å²) in [6, 6.07) is 39.7. The molecule has 1 N–H and O–H groups in total. The number of benzene rings is 6. The summed E-state index contributed by atoms with van der Waals surface area (Å²) in [5, 5.41) is 16.2. The van der Waals surface area contributed by atoms with Crippen molar-refractivity contribution >= 4 is 33.4 Å². The van der Waals surface area contributed by atoms with Crippen molar-refractivity contribution in [2.45, 2.75) is 32.1 Å². The second kappa shape index (κ2) is 10.3. The highest BCUT2D eigenvalue weighted by molar-refractivity contribution is 5.95. The quantitative estimate of drug-likeness (QED) is 0.224. The molecule has 1 atom stereocenters. The van der Waals surface area contributed by atoms with Crippen LogP contribution in [0.25, 0.3) is 21.5 Å². The molecule has 0 amide bonds. The average molecular weight is 534 g/mol. The molecule has 0 saturated carbocycles. The van der Waals surface area contributed by atoms with E-state index in [4.69, 9.17) is 9.73 Å². The third kappa shape index (κ3) is 4.35. The Hall–Kier alpha value is -4.89. The lowest BCUT2D eigenvalue weighted by molar-refractivity contribution is 0.454. The smallest absolute Gasteiger partial charge is 0.132 e. The number of phenolic OH excluding ortho intramolecular Hbond substituents is 1. The summed E-state index contributed by atoms with van der Waals surface area (Å²) in [5.41, 5.74) is 5.93. The van der Waals surface area contributed by atoms with Gasteiger partial charge in [-0.25, -0.2) is 0 Å². The van der Waals surface area contributed by atoms with E-state index in [2.05, 4.69) is 98.8 Å². The van der Waals surface area contributed by atoms with Gasteiger partial charge in [-0.2, -0.15) is 0 Å². The molecule has 7 rings (SSSR count). The second-order valence-corrected chi connectivity index (χ2v) is 10.9. The van der Waals surface area contributed by atoms with Crippen molar-refractivity contribution in [3.05, 3.63) is 143 Å². The zero-order valence-corrected chi connectivity index (χ0v) is 23.2. The van der Waals surface area contributed by atoms with Gasteiger partial charge in [0.05, 0.1) is 5.69 Å². The first-order valence-electron chi connectivity index (χ1n) is 14.3. The van der Waals surface area contributed by atoms with Gasteiger partial charge in [-0.15, -0.1) is 0 Å². The van der Waals surface area contributed by atoms with Gasteiger partial charge in [-0.1, -0.05) is 98.8 Å². The van der Waals surface area contributed by atoms with Gasteiger partial charge in [0.25, 0.3) is 0 Å². The monoisotopic (exact) mass is 533 g/mol. The van der Waals surface area contributed by atoms with E-state index in [-0.39, 0.29) is 11.8 Å². The van der Waals surface area contributed by atoms with Crippen LogP contribution in [0.5, 0.6) is 17.2 Å². The molecule has 0 fully saturated rings. The van der Waals surface area contributed by atoms with E-state index in [1.807, 2.05) is 30.3 Å². The van der Waals surface area contributed by atoms with E-state index in [0.29, 0.717) is 5.75 Å². The number of ether oxygens (including phenoxy) is 1. The number of phenols is 1. The van der Waals surface area contributed by atoms with Gasteiger partial charge in [-0.05, 0) is 75.3 Å². The fourth-order valence-electron chi connectivity index (χ4n) is 6.14. The summed E-state index contributed by atoms with van der Waals surface area (Å²) < 4.78 is 6.63. The summed E-state index contributed by atoms with van der Waals surface area (Å²) in [6.45, 7) is 4.34. The van der Waals surface area contributed by atoms with Crippen LogP contribution in [0.4, 0.5) is 5.69 Å². The molecule has 0 bridgehead atoms. The van der Waals surface area contributed by atoms with Crippen LogP contribution in [0.1, 0.15) is 59.9 Å². The van der Waals surface area contributed by atoms with Gasteiger partial charge < -0.3 is 9.84 Å². The minimum atomic E-state index is -0.0989. The Kier molecular flexibility index (Phi) is 6.28. The lowest BCUT2D eigenvalue weighted by atomic mass is 9.77. The van der Waals surface area contributed by atoms with Gasteiger partial charge in [-0.3, -0.25) is 4.99 Å². The molecule has 1 aliphatic rings. The average Bonchev–Trinajstić information content (AvgIpc) is 3.03. The summed E-state index contributed by atoms with van der Waals surface area (Å²) in [7, 11) is 0. The summed E-state index contributed by atoms with van der Waals surface area (Å²) in [4.78, 5) is 4.73. The summed E-state index contributed by atoms with van der Waals surface area (Å²) >= 11 is 0. The molecule has 1 aliphatic heterocycles. The maximum absolute atomic E-state index is 11.5. The maximum atomic E-state index is 11.5. The van der Waals surface area contributed by atoms with E-state index < -0.39 is 0 Å². The zero-order chi connectivity index (χ0) is 27.9.